The molecule has 0 heterocycles. The molecule has 0 amide bonds. The second-order valence-electron chi connectivity index (χ2n) is 15.5. The van der Waals surface area contributed by atoms with E-state index in [1.807, 2.05) is 0 Å². The molecule has 2 nitrogen and oxygen atoms in total. The molecule has 0 bridgehead atoms. The third kappa shape index (κ3) is 2.71. The molecule has 0 aromatic carbocycles. The first kappa shape index (κ1) is 23.4. The number of Topliss-reactive ketones (excluding diaryl/α,β-unsaturated/α-hetero) is 1. The van der Waals surface area contributed by atoms with Gasteiger partial charge in [0.25, 0.3) is 0 Å². The fourth-order valence-corrected chi connectivity index (χ4v) is 11.1. The molecule has 0 saturated heterocycles. The van der Waals surface area contributed by atoms with Gasteiger partial charge in [-0.05, 0) is 114 Å². The third-order valence-corrected chi connectivity index (χ3v) is 13.8. The normalized spacial score (nSPS) is 59.4. The van der Waals surface area contributed by atoms with Gasteiger partial charge in [0.2, 0.25) is 0 Å². The molecule has 5 aliphatic carbocycles. The average Bonchev–Trinajstić information content (AvgIpc) is 2.72. The zero-order chi connectivity index (χ0) is 23.5. The van der Waals surface area contributed by atoms with Crippen LogP contribution in [-0.2, 0) is 4.79 Å². The number of ketones is 1. The molecular weight excluding hydrogens is 392 g/mol. The molecule has 0 radical (unpaired) electrons. The number of hydrogen-bond acceptors (Lipinski definition) is 2. The molecule has 10 atom stereocenters. The summed E-state index contributed by atoms with van der Waals surface area (Å²) in [6, 6.07) is 0. The molecule has 0 aromatic heterocycles. The topological polar surface area (TPSA) is 37.3 Å². The lowest BCUT2D eigenvalue weighted by Gasteiger charge is -2.75. The minimum atomic E-state index is -0.749. The van der Waals surface area contributed by atoms with E-state index in [4.69, 9.17) is 0 Å². The molecule has 32 heavy (non-hydrogen) atoms. The van der Waals surface area contributed by atoms with Crippen LogP contribution in [0.4, 0.5) is 0 Å². The number of fused-ring (bicyclic) bond motifs is 7. The highest BCUT2D eigenvalue weighted by Crippen LogP contribution is 2.78. The summed E-state index contributed by atoms with van der Waals surface area (Å²) < 4.78 is 0. The van der Waals surface area contributed by atoms with E-state index in [0.717, 1.165) is 5.92 Å². The Labute approximate surface area is 197 Å². The predicted octanol–water partition coefficient (Wildman–Crippen LogP) is 7.43. The highest BCUT2D eigenvalue weighted by atomic mass is 16.3. The molecule has 5 aliphatic rings. The molecule has 0 unspecified atom stereocenters. The third-order valence-electron chi connectivity index (χ3n) is 13.8. The maximum absolute atomic E-state index is 12.9. The molecule has 0 aromatic rings. The van der Waals surface area contributed by atoms with Gasteiger partial charge in [-0.1, -0.05) is 55.4 Å². The van der Waals surface area contributed by atoms with Crippen LogP contribution in [0.1, 0.15) is 120 Å². The second-order valence-corrected chi connectivity index (χ2v) is 15.5. The summed E-state index contributed by atoms with van der Waals surface area (Å²) in [5.74, 6) is 2.16. The zero-order valence-electron chi connectivity index (χ0n) is 22.3. The lowest BCUT2D eigenvalue weighted by molar-refractivity contribution is -0.260. The van der Waals surface area contributed by atoms with Gasteiger partial charge in [0.05, 0.1) is 0 Å². The average molecular weight is 443 g/mol. The standard InChI is InChI=1S/C30H50O2/c1-19-24(32)20(31)17-22-27(19,5)10-9-21-28(22,6)14-16-30(8)23-18-25(2,3)11-12-26(23,4)13-15-29(21,30)7/h19,21-24,32H,9-18H2,1-8H3/t19-,21+,22+,23+,24-,26+,27+,28+,29+,30-/m0/s1. The van der Waals surface area contributed by atoms with Crippen molar-refractivity contribution in [2.45, 2.75) is 126 Å². The van der Waals surface area contributed by atoms with Crippen LogP contribution >= 0.6 is 0 Å². The van der Waals surface area contributed by atoms with E-state index in [1.54, 1.807) is 0 Å². The van der Waals surface area contributed by atoms with E-state index in [2.05, 4.69) is 55.4 Å². The van der Waals surface area contributed by atoms with Crippen LogP contribution in [0.3, 0.4) is 0 Å². The molecule has 0 aliphatic heterocycles. The summed E-state index contributed by atoms with van der Waals surface area (Å²) >= 11 is 0. The molecule has 5 saturated carbocycles. The van der Waals surface area contributed by atoms with Gasteiger partial charge in [-0.25, -0.2) is 0 Å². The quantitative estimate of drug-likeness (QED) is 0.423. The number of aliphatic hydroxyl groups is 1. The summed E-state index contributed by atoms with van der Waals surface area (Å²) in [4.78, 5) is 12.9. The van der Waals surface area contributed by atoms with Crippen molar-refractivity contribution in [3.63, 3.8) is 0 Å². The maximum atomic E-state index is 12.9. The van der Waals surface area contributed by atoms with E-state index in [9.17, 15) is 9.90 Å². The van der Waals surface area contributed by atoms with Crippen molar-refractivity contribution in [3.05, 3.63) is 0 Å². The molecule has 5 fully saturated rings. The Morgan fingerprint density at radius 1 is 0.719 bits per heavy atom. The van der Waals surface area contributed by atoms with E-state index >= 15 is 0 Å². The SMILES string of the molecule is C[C@H]1[C@H](O)C(=O)C[C@H]2[C@]3(C)CC[C@@]4(C)[C@@H]5CC(C)(C)CC[C@]5(C)CC[C@]4(C)[C@@H]3CC[C@@]21C. The smallest absolute Gasteiger partial charge is 0.161 e. The van der Waals surface area contributed by atoms with Crippen LogP contribution in [0.25, 0.3) is 0 Å². The Bertz CT molecular complexity index is 816. The Morgan fingerprint density at radius 2 is 1.31 bits per heavy atom. The van der Waals surface area contributed by atoms with Gasteiger partial charge in [-0.2, -0.15) is 0 Å². The van der Waals surface area contributed by atoms with Gasteiger partial charge < -0.3 is 5.11 Å². The van der Waals surface area contributed by atoms with Gasteiger partial charge in [0.15, 0.2) is 5.78 Å². The largest absolute Gasteiger partial charge is 0.385 e. The van der Waals surface area contributed by atoms with Crippen LogP contribution in [0.15, 0.2) is 0 Å². The molecule has 1 N–H and O–H groups in total. The van der Waals surface area contributed by atoms with Crippen LogP contribution in [0.2, 0.25) is 0 Å². The van der Waals surface area contributed by atoms with Crippen molar-refractivity contribution in [2.24, 2.45) is 56.2 Å². The van der Waals surface area contributed by atoms with Gasteiger partial charge in [0, 0.05) is 6.42 Å². The first-order valence-corrected chi connectivity index (χ1v) is 13.8. The molecule has 0 spiro atoms. The van der Waals surface area contributed by atoms with Crippen molar-refractivity contribution in [1.82, 2.24) is 0 Å². The van der Waals surface area contributed by atoms with E-state index in [-0.39, 0.29) is 22.5 Å². The second kappa shape index (κ2) is 6.64. The summed E-state index contributed by atoms with van der Waals surface area (Å²) in [5, 5.41) is 10.7. The van der Waals surface area contributed by atoms with Gasteiger partial charge in [0.1, 0.15) is 6.10 Å². The number of carbonyl (C=O) groups excluding carboxylic acids is 1. The van der Waals surface area contributed by atoms with Crippen molar-refractivity contribution < 1.29 is 9.90 Å². The summed E-state index contributed by atoms with van der Waals surface area (Å²) in [5.41, 5.74) is 2.07. The number of carbonyl (C=O) groups is 1. The molecule has 5 rings (SSSR count). The molecule has 182 valence electrons. The van der Waals surface area contributed by atoms with Crippen LogP contribution in [0.5, 0.6) is 0 Å². The van der Waals surface area contributed by atoms with Crippen LogP contribution < -0.4 is 0 Å². The summed E-state index contributed by atoms with van der Waals surface area (Å²) in [6.45, 7) is 20.2. The fourth-order valence-electron chi connectivity index (χ4n) is 11.1. The Hall–Kier alpha value is -0.370. The van der Waals surface area contributed by atoms with Crippen molar-refractivity contribution in [3.8, 4) is 0 Å². The van der Waals surface area contributed by atoms with Gasteiger partial charge >= 0.3 is 0 Å². The minimum absolute atomic E-state index is 0.0847. The van der Waals surface area contributed by atoms with Crippen molar-refractivity contribution in [1.29, 1.82) is 0 Å². The number of rotatable bonds is 0. The van der Waals surface area contributed by atoms with Crippen LogP contribution in [0, 0.1) is 56.2 Å². The predicted molar refractivity (Wildman–Crippen MR) is 131 cm³/mol. The van der Waals surface area contributed by atoms with Gasteiger partial charge in [-0.3, -0.25) is 4.79 Å². The van der Waals surface area contributed by atoms with Gasteiger partial charge in [-0.15, -0.1) is 0 Å². The number of aliphatic hydroxyl groups excluding tert-OH is 1. The Kier molecular flexibility index (Phi) is 4.85. The van der Waals surface area contributed by atoms with Crippen molar-refractivity contribution >= 4 is 5.78 Å². The monoisotopic (exact) mass is 442 g/mol. The zero-order valence-corrected chi connectivity index (χ0v) is 22.3. The highest BCUT2D eigenvalue weighted by molar-refractivity contribution is 5.84. The number of hydrogen-bond donors (Lipinski definition) is 1. The van der Waals surface area contributed by atoms with E-state index in [1.165, 1.54) is 57.8 Å². The minimum Gasteiger partial charge on any atom is -0.385 e. The summed E-state index contributed by atoms with van der Waals surface area (Å²) in [7, 11) is 0. The van der Waals surface area contributed by atoms with E-state index in [0.29, 0.717) is 39.9 Å². The summed E-state index contributed by atoms with van der Waals surface area (Å²) in [6.07, 6.45) is 11.9. The maximum Gasteiger partial charge on any atom is 0.161 e. The lowest BCUT2D eigenvalue weighted by atomic mass is 9.30. The molecule has 2 heteroatoms. The first-order valence-electron chi connectivity index (χ1n) is 13.8. The lowest BCUT2D eigenvalue weighted by Crippen LogP contribution is -2.68. The first-order chi connectivity index (χ1) is 14.6. The fraction of sp³-hybridized carbons (Fsp3) is 0.967. The molecular formula is C30H50O2. The van der Waals surface area contributed by atoms with Crippen LogP contribution in [-0.4, -0.2) is 17.0 Å². The highest BCUT2D eigenvalue weighted by Gasteiger charge is 2.71. The Morgan fingerprint density at radius 3 is 2.00 bits per heavy atom. The van der Waals surface area contributed by atoms with E-state index < -0.39 is 6.10 Å². The Balaban J connectivity index is 1.55. The van der Waals surface area contributed by atoms with Crippen molar-refractivity contribution in [2.75, 3.05) is 0 Å².